The van der Waals surface area contributed by atoms with Crippen molar-refractivity contribution in [1.82, 2.24) is 0 Å². The molecule has 0 bridgehead atoms. The summed E-state index contributed by atoms with van der Waals surface area (Å²) in [6.07, 6.45) is -4.60. The lowest BCUT2D eigenvalue weighted by Crippen LogP contribution is -2.04. The van der Waals surface area contributed by atoms with Crippen molar-refractivity contribution in [3.8, 4) is 0 Å². The van der Waals surface area contributed by atoms with Crippen LogP contribution in [-0.4, -0.2) is 0 Å². The normalized spacial score (nSPS) is 21.8. The van der Waals surface area contributed by atoms with E-state index < -0.39 is 11.7 Å². The predicted molar refractivity (Wildman–Crippen MR) is 69.5 cm³/mol. The van der Waals surface area contributed by atoms with Gasteiger partial charge in [-0.3, -0.25) is 0 Å². The van der Waals surface area contributed by atoms with Gasteiger partial charge in [-0.2, -0.15) is 13.2 Å². The van der Waals surface area contributed by atoms with Crippen LogP contribution < -0.4 is 0 Å². The lowest BCUT2D eigenvalue weighted by atomic mass is 10.0. The number of epoxide rings is 1. The molecule has 2 atom stereocenters. The third kappa shape index (κ3) is 2.67. The highest BCUT2D eigenvalue weighted by molar-refractivity contribution is 6.30. The Morgan fingerprint density at radius 1 is 0.800 bits per heavy atom. The van der Waals surface area contributed by atoms with Crippen LogP contribution >= 0.6 is 11.6 Å². The van der Waals surface area contributed by atoms with E-state index in [1.54, 1.807) is 12.1 Å². The van der Waals surface area contributed by atoms with Gasteiger partial charge in [0.1, 0.15) is 12.2 Å². The Morgan fingerprint density at radius 2 is 1.25 bits per heavy atom. The Morgan fingerprint density at radius 3 is 1.70 bits per heavy atom. The van der Waals surface area contributed by atoms with Gasteiger partial charge in [0.2, 0.25) is 0 Å². The predicted octanol–water partition coefficient (Wildman–Crippen LogP) is 5.17. The molecule has 1 heterocycles. The second kappa shape index (κ2) is 4.79. The molecule has 1 saturated heterocycles. The first-order valence-corrected chi connectivity index (χ1v) is 6.41. The fourth-order valence-corrected chi connectivity index (χ4v) is 2.26. The number of ether oxygens (including phenoxy) is 1. The highest BCUT2D eigenvalue weighted by Gasteiger charge is 2.41. The molecule has 0 unspecified atom stereocenters. The highest BCUT2D eigenvalue weighted by atomic mass is 35.5. The molecule has 1 nitrogen and oxygen atoms in total. The van der Waals surface area contributed by atoms with E-state index in [1.165, 1.54) is 12.1 Å². The van der Waals surface area contributed by atoms with Crippen LogP contribution in [0.25, 0.3) is 0 Å². The van der Waals surface area contributed by atoms with E-state index in [1.807, 2.05) is 12.1 Å². The van der Waals surface area contributed by atoms with E-state index in [4.69, 9.17) is 16.3 Å². The molecule has 0 spiro atoms. The van der Waals surface area contributed by atoms with Crippen LogP contribution in [0.5, 0.6) is 0 Å². The molecule has 0 aliphatic carbocycles. The summed E-state index contributed by atoms with van der Waals surface area (Å²) < 4.78 is 42.9. The largest absolute Gasteiger partial charge is 0.416 e. The summed E-state index contributed by atoms with van der Waals surface area (Å²) >= 11 is 5.80. The summed E-state index contributed by atoms with van der Waals surface area (Å²) in [6, 6.07) is 12.3. The summed E-state index contributed by atoms with van der Waals surface area (Å²) in [7, 11) is 0. The van der Waals surface area contributed by atoms with Crippen molar-refractivity contribution in [3.63, 3.8) is 0 Å². The number of hydrogen-bond acceptors (Lipinski definition) is 1. The maximum absolute atomic E-state index is 12.5. The van der Waals surface area contributed by atoms with Crippen molar-refractivity contribution in [2.75, 3.05) is 0 Å². The third-order valence-corrected chi connectivity index (χ3v) is 3.51. The Hall–Kier alpha value is -1.52. The van der Waals surface area contributed by atoms with Gasteiger partial charge in [0.15, 0.2) is 0 Å². The lowest BCUT2D eigenvalue weighted by molar-refractivity contribution is -0.137. The standard InChI is InChI=1S/C15H10ClF3O/c16-12-7-3-10(4-8-12)14-13(20-14)9-1-5-11(6-2-9)15(17,18)19/h1-8,13-14H/t13-,14-/m0/s1. The number of rotatable bonds is 2. The molecule has 1 aliphatic rings. The summed E-state index contributed by atoms with van der Waals surface area (Å²) in [4.78, 5) is 0. The van der Waals surface area contributed by atoms with Gasteiger partial charge in [-0.25, -0.2) is 0 Å². The van der Waals surface area contributed by atoms with Crippen molar-refractivity contribution in [3.05, 3.63) is 70.2 Å². The summed E-state index contributed by atoms with van der Waals surface area (Å²) in [5.74, 6) is 0. The first kappa shape index (κ1) is 13.5. The molecular formula is C15H10ClF3O. The van der Waals surface area contributed by atoms with Crippen molar-refractivity contribution in [2.45, 2.75) is 18.4 Å². The molecule has 0 N–H and O–H groups in total. The van der Waals surface area contributed by atoms with E-state index >= 15 is 0 Å². The van der Waals surface area contributed by atoms with Gasteiger partial charge in [-0.1, -0.05) is 35.9 Å². The molecule has 0 radical (unpaired) electrons. The first-order valence-electron chi connectivity index (χ1n) is 6.03. The van der Waals surface area contributed by atoms with Gasteiger partial charge in [0.25, 0.3) is 0 Å². The van der Waals surface area contributed by atoms with Crippen molar-refractivity contribution >= 4 is 11.6 Å². The zero-order valence-corrected chi connectivity index (χ0v) is 10.9. The van der Waals surface area contributed by atoms with Gasteiger partial charge in [0.05, 0.1) is 5.56 Å². The fraction of sp³-hybridized carbons (Fsp3) is 0.200. The molecule has 1 fully saturated rings. The number of hydrogen-bond donors (Lipinski definition) is 0. The Balaban J connectivity index is 1.74. The lowest BCUT2D eigenvalue weighted by Gasteiger charge is -2.06. The monoisotopic (exact) mass is 298 g/mol. The third-order valence-electron chi connectivity index (χ3n) is 3.26. The molecule has 0 aromatic heterocycles. The van der Waals surface area contributed by atoms with Crippen molar-refractivity contribution < 1.29 is 17.9 Å². The minimum absolute atomic E-state index is 0.107. The maximum Gasteiger partial charge on any atom is 0.416 e. The number of alkyl halides is 3. The topological polar surface area (TPSA) is 12.5 Å². The van der Waals surface area contributed by atoms with Crippen molar-refractivity contribution in [2.24, 2.45) is 0 Å². The minimum atomic E-state index is -4.31. The number of benzene rings is 2. The molecule has 104 valence electrons. The summed E-state index contributed by atoms with van der Waals surface area (Å²) in [6.45, 7) is 0. The van der Waals surface area contributed by atoms with Crippen LogP contribution in [-0.2, 0) is 10.9 Å². The van der Waals surface area contributed by atoms with Crippen LogP contribution in [0.15, 0.2) is 48.5 Å². The molecule has 5 heteroatoms. The molecule has 20 heavy (non-hydrogen) atoms. The van der Waals surface area contributed by atoms with Gasteiger partial charge >= 0.3 is 6.18 Å². The molecular weight excluding hydrogens is 289 g/mol. The quantitative estimate of drug-likeness (QED) is 0.697. The second-order valence-corrected chi connectivity index (χ2v) is 5.09. The SMILES string of the molecule is FC(F)(F)c1ccc([C@@H]2O[C@H]2c2ccc(Cl)cc2)cc1. The average Bonchev–Trinajstić information content (AvgIpc) is 3.19. The van der Waals surface area contributed by atoms with Crippen LogP contribution in [0.2, 0.25) is 5.02 Å². The van der Waals surface area contributed by atoms with E-state index in [0.29, 0.717) is 5.02 Å². The minimum Gasteiger partial charge on any atom is -0.359 e. The van der Waals surface area contributed by atoms with Gasteiger partial charge < -0.3 is 4.74 Å². The van der Waals surface area contributed by atoms with Gasteiger partial charge in [-0.05, 0) is 35.4 Å². The second-order valence-electron chi connectivity index (χ2n) is 4.65. The van der Waals surface area contributed by atoms with Crippen molar-refractivity contribution in [1.29, 1.82) is 0 Å². The summed E-state index contributed by atoms with van der Waals surface area (Å²) in [5.41, 5.74) is 1.07. The van der Waals surface area contributed by atoms with Gasteiger partial charge in [0, 0.05) is 5.02 Å². The maximum atomic E-state index is 12.5. The van der Waals surface area contributed by atoms with Crippen LogP contribution in [0.1, 0.15) is 28.9 Å². The van der Waals surface area contributed by atoms with E-state index in [9.17, 15) is 13.2 Å². The highest BCUT2D eigenvalue weighted by Crippen LogP contribution is 2.51. The van der Waals surface area contributed by atoms with E-state index in [-0.39, 0.29) is 12.2 Å². The molecule has 2 aromatic carbocycles. The van der Waals surface area contributed by atoms with E-state index in [2.05, 4.69) is 0 Å². The van der Waals surface area contributed by atoms with Crippen LogP contribution in [0.3, 0.4) is 0 Å². The molecule has 3 rings (SSSR count). The molecule has 0 amide bonds. The molecule has 0 saturated carbocycles. The average molecular weight is 299 g/mol. The molecule has 2 aromatic rings. The Labute approximate surface area is 118 Å². The van der Waals surface area contributed by atoms with E-state index in [0.717, 1.165) is 23.3 Å². The van der Waals surface area contributed by atoms with Crippen LogP contribution in [0.4, 0.5) is 13.2 Å². The van der Waals surface area contributed by atoms with Gasteiger partial charge in [-0.15, -0.1) is 0 Å². The first-order chi connectivity index (χ1) is 9.45. The smallest absolute Gasteiger partial charge is 0.359 e. The van der Waals surface area contributed by atoms with Crippen LogP contribution in [0, 0.1) is 0 Å². The summed E-state index contributed by atoms with van der Waals surface area (Å²) in [5, 5.41) is 0.639. The number of halogens is 4. The molecule has 1 aliphatic heterocycles. The Kier molecular flexibility index (Phi) is 3.22. The zero-order chi connectivity index (χ0) is 14.3. The zero-order valence-electron chi connectivity index (χ0n) is 10.2. The Bertz CT molecular complexity index is 605. The fourth-order valence-electron chi connectivity index (χ4n) is 2.13.